The first-order valence-electron chi connectivity index (χ1n) is 17.2. The van der Waals surface area contributed by atoms with Crippen LogP contribution in [0.15, 0.2) is 18.0 Å². The van der Waals surface area contributed by atoms with E-state index in [4.69, 9.17) is 26.8 Å². The van der Waals surface area contributed by atoms with E-state index in [0.717, 1.165) is 30.9 Å². The van der Waals surface area contributed by atoms with Crippen molar-refractivity contribution in [3.8, 4) is 17.9 Å². The van der Waals surface area contributed by atoms with E-state index >= 15 is 4.39 Å². The number of aromatic nitrogens is 4. The molecule has 53 heavy (non-hydrogen) atoms. The highest BCUT2D eigenvalue weighted by atomic mass is 35.5. The number of halogens is 6. The number of fused-ring (bicyclic) bond motifs is 3. The van der Waals surface area contributed by atoms with Gasteiger partial charge in [0.1, 0.15) is 5.82 Å². The summed E-state index contributed by atoms with van der Waals surface area (Å²) in [6, 6.07) is 1.54. The van der Waals surface area contributed by atoms with Gasteiger partial charge in [0.05, 0.1) is 60.4 Å². The fraction of sp³-hybridized carbons (Fsp3) is 0.500. The number of amides is 1. The van der Waals surface area contributed by atoms with Gasteiger partial charge in [0.25, 0.3) is 5.91 Å². The third-order valence-corrected chi connectivity index (χ3v) is 10.2. The van der Waals surface area contributed by atoms with Gasteiger partial charge in [0.15, 0.2) is 11.5 Å². The van der Waals surface area contributed by atoms with Gasteiger partial charge in [-0.05, 0) is 50.8 Å². The van der Waals surface area contributed by atoms with Crippen molar-refractivity contribution in [2.45, 2.75) is 77.0 Å². The first-order valence-corrected chi connectivity index (χ1v) is 17.5. The average molecular weight is 763 g/mol. The fourth-order valence-corrected chi connectivity index (χ4v) is 7.64. The van der Waals surface area contributed by atoms with Crippen LogP contribution >= 0.6 is 11.6 Å². The summed E-state index contributed by atoms with van der Waals surface area (Å²) in [5.74, 6) is 3.68. The second-order valence-electron chi connectivity index (χ2n) is 13.5. The van der Waals surface area contributed by atoms with E-state index in [1.807, 2.05) is 4.90 Å². The highest BCUT2D eigenvalue weighted by Gasteiger charge is 2.42. The van der Waals surface area contributed by atoms with Crippen LogP contribution in [0.3, 0.4) is 0 Å². The Morgan fingerprint density at radius 2 is 1.94 bits per heavy atom. The van der Waals surface area contributed by atoms with Crippen LogP contribution in [0.2, 0.25) is 5.02 Å². The molecule has 2 unspecified atom stereocenters. The molecule has 4 aliphatic rings. The molecule has 0 spiro atoms. The van der Waals surface area contributed by atoms with Gasteiger partial charge < -0.3 is 25.0 Å². The van der Waals surface area contributed by atoms with Gasteiger partial charge >= 0.3 is 12.2 Å². The van der Waals surface area contributed by atoms with E-state index in [1.165, 1.54) is 38.3 Å². The normalized spacial score (nSPS) is 20.4. The highest BCUT2D eigenvalue weighted by Crippen LogP contribution is 2.45. The molecule has 0 saturated carbocycles. The lowest BCUT2D eigenvalue weighted by Crippen LogP contribution is -2.29. The Hall–Kier alpha value is -4.46. The molecule has 3 aromatic rings. The Morgan fingerprint density at radius 3 is 2.60 bits per heavy atom. The molecule has 11 nitrogen and oxygen atoms in total. The van der Waals surface area contributed by atoms with Gasteiger partial charge in [-0.15, -0.1) is 5.92 Å². The summed E-state index contributed by atoms with van der Waals surface area (Å²) < 4.78 is 83.1. The maximum absolute atomic E-state index is 15.4. The summed E-state index contributed by atoms with van der Waals surface area (Å²) in [5.41, 5.74) is 5.48. The number of alkyl halides is 3. The van der Waals surface area contributed by atoms with E-state index in [1.54, 1.807) is 18.8 Å². The maximum Gasteiger partial charge on any atom is 0.418 e. The Morgan fingerprint density at radius 1 is 1.17 bits per heavy atom. The van der Waals surface area contributed by atoms with E-state index in [2.05, 4.69) is 31.8 Å². The summed E-state index contributed by atoms with van der Waals surface area (Å²) >= 11 is 6.62. The molecule has 2 fully saturated rings. The molecule has 4 aliphatic heterocycles. The van der Waals surface area contributed by atoms with Crippen LogP contribution in [0.4, 0.5) is 33.5 Å². The maximum atomic E-state index is 15.4. The number of ether oxygens (including phenoxy) is 2. The molecule has 0 bridgehead atoms. The largest absolute Gasteiger partial charge is 0.467 e. The molecule has 17 heteroatoms. The first-order chi connectivity index (χ1) is 25.2. The van der Waals surface area contributed by atoms with Crippen LogP contribution < -0.4 is 15.4 Å². The number of rotatable bonds is 4. The van der Waals surface area contributed by atoms with Gasteiger partial charge in [0, 0.05) is 62.9 Å². The molecule has 7 rings (SSSR count). The average Bonchev–Trinajstić information content (AvgIpc) is 3.77. The minimum absolute atomic E-state index is 0.0247. The van der Waals surface area contributed by atoms with Crippen molar-refractivity contribution in [3.63, 3.8) is 0 Å². The number of nitrogens with zero attached hydrogens (tertiary/aromatic N) is 7. The van der Waals surface area contributed by atoms with Crippen LogP contribution in [-0.2, 0) is 37.0 Å². The predicted molar refractivity (Wildman–Crippen MR) is 188 cm³/mol. The Bertz CT molecular complexity index is 1980. The van der Waals surface area contributed by atoms with Gasteiger partial charge in [0.2, 0.25) is 0 Å². The summed E-state index contributed by atoms with van der Waals surface area (Å²) in [7, 11) is 4.58. The van der Waals surface area contributed by atoms with Crippen LogP contribution in [0.5, 0.6) is 6.01 Å². The van der Waals surface area contributed by atoms with Crippen LogP contribution in [0.1, 0.15) is 82.8 Å². The van der Waals surface area contributed by atoms with E-state index in [-0.39, 0.29) is 42.2 Å². The van der Waals surface area contributed by atoms with Crippen molar-refractivity contribution >= 4 is 29.0 Å². The summed E-state index contributed by atoms with van der Waals surface area (Å²) in [6.07, 6.45) is -1.52. The number of hydrogen-bond donors (Lipinski definition) is 1. The predicted octanol–water partition coefficient (Wildman–Crippen LogP) is 6.08. The Kier molecular flexibility index (Phi) is 11.2. The molecule has 1 amide bonds. The zero-order valence-electron chi connectivity index (χ0n) is 29.8. The van der Waals surface area contributed by atoms with Crippen LogP contribution in [-0.4, -0.2) is 82.3 Å². The fourth-order valence-electron chi connectivity index (χ4n) is 7.36. The zero-order valence-corrected chi connectivity index (χ0v) is 30.5. The lowest BCUT2D eigenvalue weighted by atomic mass is 9.91. The Balaban J connectivity index is 0.000000411. The first kappa shape index (κ1) is 38.3. The molecular weight excluding hydrogens is 723 g/mol. The third kappa shape index (κ3) is 7.65. The van der Waals surface area contributed by atoms with Gasteiger partial charge in [-0.3, -0.25) is 14.4 Å². The van der Waals surface area contributed by atoms with Gasteiger partial charge in [-0.25, -0.2) is 8.78 Å². The number of hydrogen-bond acceptors (Lipinski definition) is 9. The van der Waals surface area contributed by atoms with Crippen molar-refractivity contribution in [2.75, 3.05) is 51.5 Å². The van der Waals surface area contributed by atoms with E-state index < -0.39 is 40.5 Å². The number of carbonyl (C=O) groups excluding carboxylic acids is 1. The molecule has 0 radical (unpaired) electrons. The SMILES string of the molecule is CC#Cc1cc(N)c(F)c(C2Cc3nc(OC)nc(N4CCCn5nc(C(=O)N(C)C)c(Cl)c5C4)c3CO2)c1C(F)(F)F.F/C=C1/CC2CCCN2C1. The minimum Gasteiger partial charge on any atom is -0.467 e. The van der Waals surface area contributed by atoms with Gasteiger partial charge in [-0.2, -0.15) is 28.2 Å². The molecule has 0 aliphatic carbocycles. The zero-order chi connectivity index (χ0) is 38.2. The Labute approximate surface area is 308 Å². The number of nitrogen functional groups attached to an aromatic ring is 1. The molecule has 6 heterocycles. The van der Waals surface area contributed by atoms with E-state index in [0.29, 0.717) is 48.3 Å². The number of anilines is 2. The number of aryl methyl sites for hydroxylation is 1. The van der Waals surface area contributed by atoms with Crippen molar-refractivity contribution in [3.05, 3.63) is 68.1 Å². The second kappa shape index (κ2) is 15.5. The third-order valence-electron chi connectivity index (χ3n) is 9.83. The molecular formula is C36H40ClF5N8O3. The summed E-state index contributed by atoms with van der Waals surface area (Å²) in [6.45, 7) is 4.46. The van der Waals surface area contributed by atoms with Crippen molar-refractivity contribution in [1.29, 1.82) is 0 Å². The van der Waals surface area contributed by atoms with Gasteiger partial charge in [-0.1, -0.05) is 17.5 Å². The summed E-state index contributed by atoms with van der Waals surface area (Å²) in [5, 5.41) is 4.65. The molecule has 1 aromatic carbocycles. The highest BCUT2D eigenvalue weighted by molar-refractivity contribution is 6.34. The number of benzene rings is 1. The standard InChI is InChI=1S/C28H28ClF4N7O3.C8H12FN/c1-5-7-14-10-16(34)23(30)20(21(14)28(31,32)33)19-11-17-15(13-43-19)25(36-27(35-17)42-4)39-8-6-9-40-18(12-39)22(29)24(37-40)26(41)38(2)3;9-5-7-4-8-2-1-3-10(8)6-7/h10,19H,6,8-9,11-13,34H2,1-4H3;5,8H,1-4,6H2/b;7-5-. The van der Waals surface area contributed by atoms with E-state index in [9.17, 15) is 22.4 Å². The monoisotopic (exact) mass is 762 g/mol. The van der Waals surface area contributed by atoms with Crippen molar-refractivity contribution in [1.82, 2.24) is 29.5 Å². The lowest BCUT2D eigenvalue weighted by molar-refractivity contribution is -0.140. The minimum atomic E-state index is -4.93. The molecule has 2 aromatic heterocycles. The van der Waals surface area contributed by atoms with Crippen LogP contribution in [0, 0.1) is 17.7 Å². The molecule has 2 N–H and O–H groups in total. The second-order valence-corrected chi connectivity index (χ2v) is 13.9. The number of carbonyl (C=O) groups is 1. The van der Waals surface area contributed by atoms with Crippen LogP contribution in [0.25, 0.3) is 0 Å². The lowest BCUT2D eigenvalue weighted by Gasteiger charge is -2.31. The van der Waals surface area contributed by atoms with Crippen molar-refractivity contribution in [2.24, 2.45) is 0 Å². The summed E-state index contributed by atoms with van der Waals surface area (Å²) in [4.78, 5) is 27.2. The smallest absolute Gasteiger partial charge is 0.418 e. The number of methoxy groups -OCH3 is 1. The number of nitrogens with two attached hydrogens (primary N) is 1. The quantitative estimate of drug-likeness (QED) is 0.192. The topological polar surface area (TPSA) is 115 Å². The molecule has 284 valence electrons. The van der Waals surface area contributed by atoms with Crippen molar-refractivity contribution < 1.29 is 36.2 Å². The molecule has 2 saturated heterocycles. The molecule has 2 atom stereocenters.